The Morgan fingerprint density at radius 2 is 1.81 bits per heavy atom. The van der Waals surface area contributed by atoms with Crippen LogP contribution in [0, 0.1) is 5.82 Å². The molecule has 0 unspecified atom stereocenters. The highest BCUT2D eigenvalue weighted by Crippen LogP contribution is 2.27. The number of rotatable bonds is 5. The lowest BCUT2D eigenvalue weighted by Crippen LogP contribution is -2.12. The first-order chi connectivity index (χ1) is 12.7. The zero-order chi connectivity index (χ0) is 17.9. The third-order valence-electron chi connectivity index (χ3n) is 3.75. The number of nitrogens with two attached hydrogens (primary N) is 1. The maximum atomic E-state index is 13.9. The summed E-state index contributed by atoms with van der Waals surface area (Å²) in [4.78, 5) is 0. The van der Waals surface area contributed by atoms with E-state index in [1.54, 1.807) is 18.2 Å². The van der Waals surface area contributed by atoms with E-state index in [9.17, 15) is 4.39 Å². The molecule has 0 saturated carbocycles. The molecular weight excluding hydrogens is 353 g/mol. The number of benzene rings is 2. The molecule has 0 fully saturated rings. The molecular formula is C18H14FN5OS. The number of aromatic nitrogens is 4. The van der Waals surface area contributed by atoms with Crippen molar-refractivity contribution in [1.29, 1.82) is 0 Å². The van der Waals surface area contributed by atoms with E-state index in [0.717, 1.165) is 11.3 Å². The first kappa shape index (κ1) is 16.3. The second-order valence-electron chi connectivity index (χ2n) is 5.49. The lowest BCUT2D eigenvalue weighted by molar-refractivity contribution is 0.426. The summed E-state index contributed by atoms with van der Waals surface area (Å²) in [7, 11) is 0. The van der Waals surface area contributed by atoms with Crippen LogP contribution in [0.1, 0.15) is 5.69 Å². The molecule has 0 bridgehead atoms. The summed E-state index contributed by atoms with van der Waals surface area (Å²) in [6.07, 6.45) is 0. The van der Waals surface area contributed by atoms with Crippen molar-refractivity contribution in [2.75, 3.05) is 5.84 Å². The molecule has 8 heteroatoms. The minimum atomic E-state index is -0.396. The van der Waals surface area contributed by atoms with Crippen LogP contribution in [0.15, 0.2) is 70.3 Å². The van der Waals surface area contributed by atoms with Crippen molar-refractivity contribution in [1.82, 2.24) is 20.0 Å². The molecule has 2 aromatic heterocycles. The van der Waals surface area contributed by atoms with Gasteiger partial charge in [0.05, 0.1) is 11.3 Å². The zero-order valence-corrected chi connectivity index (χ0v) is 14.4. The van der Waals surface area contributed by atoms with E-state index in [2.05, 4.69) is 15.4 Å². The van der Waals surface area contributed by atoms with Crippen molar-refractivity contribution in [2.45, 2.75) is 10.9 Å². The van der Waals surface area contributed by atoms with Gasteiger partial charge in [0, 0.05) is 17.4 Å². The largest absolute Gasteiger partial charge is 0.356 e. The third-order valence-corrected chi connectivity index (χ3v) is 4.72. The van der Waals surface area contributed by atoms with E-state index in [1.165, 1.54) is 22.5 Å². The number of thioether (sulfide) groups is 1. The fraction of sp³-hybridized carbons (Fsp3) is 0.0556. The minimum absolute atomic E-state index is 0.274. The Morgan fingerprint density at radius 1 is 1.04 bits per heavy atom. The van der Waals surface area contributed by atoms with Gasteiger partial charge in [-0.25, -0.2) is 9.07 Å². The highest BCUT2D eigenvalue weighted by Gasteiger charge is 2.16. The molecule has 0 saturated heterocycles. The van der Waals surface area contributed by atoms with Crippen molar-refractivity contribution >= 4 is 11.8 Å². The Hall–Kier alpha value is -3.13. The zero-order valence-electron chi connectivity index (χ0n) is 13.5. The van der Waals surface area contributed by atoms with Gasteiger partial charge in [0.15, 0.2) is 11.6 Å². The second kappa shape index (κ2) is 7.01. The van der Waals surface area contributed by atoms with Gasteiger partial charge in [-0.15, -0.1) is 10.2 Å². The molecule has 2 heterocycles. The van der Waals surface area contributed by atoms with Gasteiger partial charge >= 0.3 is 0 Å². The van der Waals surface area contributed by atoms with Crippen LogP contribution in [-0.4, -0.2) is 20.0 Å². The first-order valence-corrected chi connectivity index (χ1v) is 8.80. The van der Waals surface area contributed by atoms with Gasteiger partial charge in [0.25, 0.3) is 0 Å². The lowest BCUT2D eigenvalue weighted by Gasteiger charge is -2.03. The molecule has 2 aromatic carbocycles. The van der Waals surface area contributed by atoms with Crippen LogP contribution in [0.2, 0.25) is 0 Å². The summed E-state index contributed by atoms with van der Waals surface area (Å²) < 4.78 is 20.6. The van der Waals surface area contributed by atoms with E-state index in [4.69, 9.17) is 10.4 Å². The van der Waals surface area contributed by atoms with Crippen LogP contribution in [-0.2, 0) is 5.75 Å². The molecule has 0 aliphatic heterocycles. The van der Waals surface area contributed by atoms with Crippen molar-refractivity contribution in [3.8, 4) is 22.7 Å². The predicted octanol–water partition coefficient (Wildman–Crippen LogP) is 3.75. The Labute approximate surface area is 152 Å². The molecule has 4 aromatic rings. The summed E-state index contributed by atoms with van der Waals surface area (Å²) in [6.45, 7) is 0. The van der Waals surface area contributed by atoms with E-state index >= 15 is 0 Å². The predicted molar refractivity (Wildman–Crippen MR) is 97.1 cm³/mol. The third kappa shape index (κ3) is 3.18. The van der Waals surface area contributed by atoms with Crippen molar-refractivity contribution < 1.29 is 8.91 Å². The van der Waals surface area contributed by atoms with Crippen LogP contribution in [0.3, 0.4) is 0 Å². The molecule has 0 amide bonds. The number of nitrogens with zero attached hydrogens (tertiary/aromatic N) is 4. The maximum absolute atomic E-state index is 13.9. The van der Waals surface area contributed by atoms with Gasteiger partial charge in [-0.3, -0.25) is 0 Å². The van der Waals surface area contributed by atoms with E-state index in [0.29, 0.717) is 22.2 Å². The summed E-state index contributed by atoms with van der Waals surface area (Å²) >= 11 is 1.35. The van der Waals surface area contributed by atoms with Gasteiger partial charge in [-0.1, -0.05) is 59.4 Å². The van der Waals surface area contributed by atoms with Crippen LogP contribution in [0.4, 0.5) is 4.39 Å². The first-order valence-electron chi connectivity index (χ1n) is 7.81. The molecule has 0 atom stereocenters. The summed E-state index contributed by atoms with van der Waals surface area (Å²) in [5.41, 5.74) is 2.02. The van der Waals surface area contributed by atoms with Crippen LogP contribution in [0.25, 0.3) is 22.7 Å². The Balaban J connectivity index is 1.50. The second-order valence-corrected chi connectivity index (χ2v) is 6.44. The van der Waals surface area contributed by atoms with Crippen molar-refractivity contribution in [2.24, 2.45) is 0 Å². The van der Waals surface area contributed by atoms with Crippen LogP contribution < -0.4 is 5.84 Å². The monoisotopic (exact) mass is 367 g/mol. The SMILES string of the molecule is Nn1c(SCc2cc(-c3ccccc3)on2)nnc1-c1ccccc1F. The van der Waals surface area contributed by atoms with Gasteiger partial charge in [-0.2, -0.15) is 0 Å². The Bertz CT molecular complexity index is 1030. The smallest absolute Gasteiger partial charge is 0.210 e. The van der Waals surface area contributed by atoms with Crippen LogP contribution >= 0.6 is 11.8 Å². The number of hydrogen-bond donors (Lipinski definition) is 1. The number of hydrogen-bond acceptors (Lipinski definition) is 6. The molecule has 2 N–H and O–H groups in total. The molecule has 0 spiro atoms. The average molecular weight is 367 g/mol. The van der Waals surface area contributed by atoms with Crippen LogP contribution in [0.5, 0.6) is 0 Å². The lowest BCUT2D eigenvalue weighted by atomic mass is 10.2. The fourth-order valence-corrected chi connectivity index (χ4v) is 3.20. The van der Waals surface area contributed by atoms with Crippen molar-refractivity contribution in [3.63, 3.8) is 0 Å². The molecule has 26 heavy (non-hydrogen) atoms. The highest BCUT2D eigenvalue weighted by molar-refractivity contribution is 7.98. The number of nitrogen functional groups attached to an aromatic ring is 1. The Kier molecular flexibility index (Phi) is 4.40. The van der Waals surface area contributed by atoms with Gasteiger partial charge in [0.1, 0.15) is 5.82 Å². The maximum Gasteiger partial charge on any atom is 0.210 e. The topological polar surface area (TPSA) is 82.8 Å². The summed E-state index contributed by atoms with van der Waals surface area (Å²) in [5.74, 6) is 7.10. The average Bonchev–Trinajstić information content (AvgIpc) is 3.28. The molecule has 0 aliphatic rings. The normalized spacial score (nSPS) is 11.0. The summed E-state index contributed by atoms with van der Waals surface area (Å²) in [5, 5.41) is 12.6. The molecule has 4 rings (SSSR count). The van der Waals surface area contributed by atoms with Gasteiger partial charge in [-0.05, 0) is 12.1 Å². The van der Waals surface area contributed by atoms with E-state index in [1.807, 2.05) is 36.4 Å². The van der Waals surface area contributed by atoms with Gasteiger partial charge in [0.2, 0.25) is 5.16 Å². The number of halogens is 1. The van der Waals surface area contributed by atoms with E-state index in [-0.39, 0.29) is 5.82 Å². The van der Waals surface area contributed by atoms with E-state index < -0.39 is 5.82 Å². The van der Waals surface area contributed by atoms with Gasteiger partial charge < -0.3 is 10.4 Å². The Morgan fingerprint density at radius 3 is 2.62 bits per heavy atom. The molecule has 0 radical (unpaired) electrons. The van der Waals surface area contributed by atoms with Crippen molar-refractivity contribution in [3.05, 3.63) is 72.2 Å². The molecule has 0 aliphatic carbocycles. The quantitative estimate of drug-likeness (QED) is 0.427. The molecule has 6 nitrogen and oxygen atoms in total. The fourth-order valence-electron chi connectivity index (χ4n) is 2.46. The summed E-state index contributed by atoms with van der Waals surface area (Å²) in [6, 6.07) is 17.9. The minimum Gasteiger partial charge on any atom is -0.356 e. The highest BCUT2D eigenvalue weighted by atomic mass is 32.2. The molecule has 130 valence electrons. The standard InChI is InChI=1S/C18H14FN5OS/c19-15-9-5-4-8-14(15)17-21-22-18(24(17)20)26-11-13-10-16(25-23-13)12-6-2-1-3-7-12/h1-10H,11,20H2.